The molecule has 1 aliphatic rings. The molecule has 0 aromatic carbocycles. The summed E-state index contributed by atoms with van der Waals surface area (Å²) in [7, 11) is 0. The van der Waals surface area contributed by atoms with Gasteiger partial charge in [-0.15, -0.1) is 0 Å². The summed E-state index contributed by atoms with van der Waals surface area (Å²) in [5, 5.41) is 35.6. The number of rotatable bonds is 12. The van der Waals surface area contributed by atoms with Crippen molar-refractivity contribution in [3.8, 4) is 12.1 Å². The van der Waals surface area contributed by atoms with Crippen LogP contribution in [0, 0.1) is 22.7 Å². The summed E-state index contributed by atoms with van der Waals surface area (Å²) in [6, 6.07) is 18.8. The van der Waals surface area contributed by atoms with Crippen molar-refractivity contribution in [3.05, 3.63) is 106 Å². The van der Waals surface area contributed by atoms with Crippen LogP contribution < -0.4 is 0 Å². The molecule has 0 N–H and O–H groups in total. The summed E-state index contributed by atoms with van der Waals surface area (Å²) in [6.07, 6.45) is 9.28. The first-order chi connectivity index (χ1) is 21.5. The maximum Gasteiger partial charge on any atom is 0.139 e. The van der Waals surface area contributed by atoms with E-state index in [9.17, 15) is 9.59 Å². The molecule has 0 amide bonds. The highest BCUT2D eigenvalue weighted by Crippen LogP contribution is 2.39. The summed E-state index contributed by atoms with van der Waals surface area (Å²) in [5.74, 6) is 0.716. The van der Waals surface area contributed by atoms with Gasteiger partial charge in [-0.1, -0.05) is 6.42 Å². The van der Waals surface area contributed by atoms with Crippen LogP contribution in [0.3, 0.4) is 0 Å². The lowest BCUT2D eigenvalue weighted by Gasteiger charge is -2.28. The number of ketones is 2. The third-order valence-corrected chi connectivity index (χ3v) is 7.98. The van der Waals surface area contributed by atoms with Gasteiger partial charge in [-0.05, 0) is 80.6 Å². The van der Waals surface area contributed by atoms with E-state index in [4.69, 9.17) is 10.5 Å². The number of nitrogens with zero attached hydrogens (tertiary/aromatic N) is 8. The van der Waals surface area contributed by atoms with Crippen LogP contribution in [0.25, 0.3) is 0 Å². The maximum absolute atomic E-state index is 12.4. The van der Waals surface area contributed by atoms with Gasteiger partial charge >= 0.3 is 0 Å². The van der Waals surface area contributed by atoms with Gasteiger partial charge < -0.3 is 0 Å². The number of nitriles is 2. The fourth-order valence-electron chi connectivity index (χ4n) is 5.48. The minimum atomic E-state index is 0.0716. The maximum atomic E-state index is 12.4. The van der Waals surface area contributed by atoms with Gasteiger partial charge in [0.2, 0.25) is 0 Å². The lowest BCUT2D eigenvalue weighted by atomic mass is 9.78. The zero-order valence-corrected chi connectivity index (χ0v) is 24.4. The quantitative estimate of drug-likeness (QED) is 0.228. The van der Waals surface area contributed by atoms with Crippen molar-refractivity contribution in [2.75, 3.05) is 0 Å². The summed E-state index contributed by atoms with van der Waals surface area (Å²) < 4.78 is 0. The molecule has 5 rings (SSSR count). The second-order valence-electron chi connectivity index (χ2n) is 11.2. The molecular weight excluding hydrogens is 552 g/mol. The normalized spacial score (nSPS) is 16.0. The van der Waals surface area contributed by atoms with Gasteiger partial charge in [0.15, 0.2) is 0 Å². The van der Waals surface area contributed by atoms with Gasteiger partial charge in [0.05, 0.1) is 33.9 Å². The fourth-order valence-corrected chi connectivity index (χ4v) is 5.48. The van der Waals surface area contributed by atoms with E-state index in [0.717, 1.165) is 48.5 Å². The van der Waals surface area contributed by atoms with Crippen LogP contribution in [0.4, 0.5) is 0 Å². The molecule has 0 bridgehead atoms. The molecule has 44 heavy (non-hydrogen) atoms. The Bertz CT molecular complexity index is 1530. The van der Waals surface area contributed by atoms with Crippen LogP contribution in [0.2, 0.25) is 0 Å². The SMILES string of the molecule is N#Cc1ccc(CC(=O)CCc2ccc([C@H]3CCC[C@H](c4ccc(CCC(=O)Cc5ccc(C#N)cn5)nn4)C3)nn2)nc1. The average Bonchev–Trinajstić information content (AvgIpc) is 3.07. The van der Waals surface area contributed by atoms with Gasteiger partial charge in [-0.25, -0.2) is 0 Å². The van der Waals surface area contributed by atoms with Gasteiger partial charge in [0, 0.05) is 61.3 Å². The third-order valence-electron chi connectivity index (χ3n) is 7.98. The van der Waals surface area contributed by atoms with Crippen molar-refractivity contribution in [2.24, 2.45) is 0 Å². The highest BCUT2D eigenvalue weighted by atomic mass is 16.1. The number of hydrogen-bond acceptors (Lipinski definition) is 10. The molecule has 220 valence electrons. The number of aryl methyl sites for hydroxylation is 2. The third kappa shape index (κ3) is 8.42. The molecule has 0 aliphatic heterocycles. The number of hydrogen-bond donors (Lipinski definition) is 0. The molecule has 0 spiro atoms. The Balaban J connectivity index is 1.07. The molecule has 0 unspecified atom stereocenters. The standard InChI is InChI=1S/C34H32N8O2/c35-19-23-4-6-29(37-21-23)17-31(43)12-8-27-10-14-33(41-39-27)25-2-1-3-26(16-25)34-15-11-28(40-42-34)9-13-32(44)18-30-7-5-24(20-36)22-38-30/h4-7,10-11,14-15,21-22,25-26H,1-3,8-9,12-13,16-18H2/t25-,26-/m0/s1. The predicted octanol–water partition coefficient (Wildman–Crippen LogP) is 4.73. The molecule has 10 heteroatoms. The largest absolute Gasteiger partial charge is 0.299 e. The zero-order chi connectivity index (χ0) is 30.7. The predicted molar refractivity (Wildman–Crippen MR) is 160 cm³/mol. The zero-order valence-electron chi connectivity index (χ0n) is 24.4. The van der Waals surface area contributed by atoms with Crippen molar-refractivity contribution >= 4 is 11.6 Å². The van der Waals surface area contributed by atoms with Gasteiger partial charge in [-0.2, -0.15) is 30.9 Å². The summed E-state index contributed by atoms with van der Waals surface area (Å²) in [4.78, 5) is 33.2. The van der Waals surface area contributed by atoms with E-state index in [1.807, 2.05) is 36.4 Å². The second kappa shape index (κ2) is 14.8. The molecular formula is C34H32N8O2. The molecule has 0 radical (unpaired) electrons. The monoisotopic (exact) mass is 584 g/mol. The number of Topliss-reactive ketones (excluding diaryl/α,β-unsaturated/α-hetero) is 2. The molecule has 10 nitrogen and oxygen atoms in total. The van der Waals surface area contributed by atoms with E-state index in [1.165, 1.54) is 12.4 Å². The fraction of sp³-hybridized carbons (Fsp3) is 0.353. The van der Waals surface area contributed by atoms with Crippen molar-refractivity contribution in [2.45, 2.75) is 76.0 Å². The van der Waals surface area contributed by atoms with Crippen LogP contribution in [0.5, 0.6) is 0 Å². The lowest BCUT2D eigenvalue weighted by molar-refractivity contribution is -0.119. The van der Waals surface area contributed by atoms with E-state index < -0.39 is 0 Å². The average molecular weight is 585 g/mol. The molecule has 4 heterocycles. The molecule has 1 fully saturated rings. The highest BCUT2D eigenvalue weighted by Gasteiger charge is 2.27. The smallest absolute Gasteiger partial charge is 0.139 e. The van der Waals surface area contributed by atoms with Crippen molar-refractivity contribution in [1.82, 2.24) is 30.4 Å². The van der Waals surface area contributed by atoms with Crippen LogP contribution in [-0.4, -0.2) is 41.9 Å². The van der Waals surface area contributed by atoms with Crippen LogP contribution >= 0.6 is 0 Å². The van der Waals surface area contributed by atoms with Gasteiger partial charge in [0.1, 0.15) is 23.7 Å². The molecule has 4 aromatic heterocycles. The molecule has 2 atom stereocenters. The van der Waals surface area contributed by atoms with Crippen molar-refractivity contribution in [1.29, 1.82) is 10.5 Å². The molecule has 0 saturated heterocycles. The number of pyridine rings is 2. The Morgan fingerprint density at radius 3 is 1.45 bits per heavy atom. The Kier molecular flexibility index (Phi) is 10.2. The van der Waals surface area contributed by atoms with Gasteiger partial charge in [0.25, 0.3) is 0 Å². The topological polar surface area (TPSA) is 159 Å². The van der Waals surface area contributed by atoms with Crippen LogP contribution in [0.15, 0.2) is 60.9 Å². The van der Waals surface area contributed by atoms with E-state index in [-0.39, 0.29) is 36.2 Å². The van der Waals surface area contributed by atoms with E-state index in [1.54, 1.807) is 24.3 Å². The van der Waals surface area contributed by atoms with Crippen molar-refractivity contribution < 1.29 is 9.59 Å². The number of carbonyl (C=O) groups excluding carboxylic acids is 2. The minimum Gasteiger partial charge on any atom is -0.299 e. The minimum absolute atomic E-state index is 0.0716. The summed E-state index contributed by atoms with van der Waals surface area (Å²) in [6.45, 7) is 0. The van der Waals surface area contributed by atoms with Crippen molar-refractivity contribution in [3.63, 3.8) is 0 Å². The Labute approximate surface area is 256 Å². The molecule has 1 saturated carbocycles. The number of aromatic nitrogens is 6. The first kappa shape index (κ1) is 30.2. The highest BCUT2D eigenvalue weighted by molar-refractivity contribution is 5.81. The summed E-state index contributed by atoms with van der Waals surface area (Å²) in [5.41, 5.74) is 5.77. The Morgan fingerprint density at radius 1 is 0.636 bits per heavy atom. The summed E-state index contributed by atoms with van der Waals surface area (Å²) >= 11 is 0. The van der Waals surface area contributed by atoms with E-state index in [0.29, 0.717) is 48.2 Å². The van der Waals surface area contributed by atoms with E-state index in [2.05, 4.69) is 30.4 Å². The Morgan fingerprint density at radius 2 is 1.09 bits per heavy atom. The van der Waals surface area contributed by atoms with Crippen LogP contribution in [0.1, 0.15) is 95.7 Å². The number of carbonyl (C=O) groups is 2. The first-order valence-corrected chi connectivity index (χ1v) is 14.9. The molecule has 1 aliphatic carbocycles. The van der Waals surface area contributed by atoms with E-state index >= 15 is 0 Å². The first-order valence-electron chi connectivity index (χ1n) is 14.9. The lowest BCUT2D eigenvalue weighted by Crippen LogP contribution is -2.16. The second-order valence-corrected chi connectivity index (χ2v) is 11.2. The van der Waals surface area contributed by atoms with Gasteiger partial charge in [-0.3, -0.25) is 19.6 Å². The Hall–Kier alpha value is -5.22. The molecule has 4 aromatic rings. The van der Waals surface area contributed by atoms with Crippen LogP contribution in [-0.2, 0) is 35.3 Å².